The van der Waals surface area contributed by atoms with Crippen LogP contribution in [0.3, 0.4) is 0 Å². The Morgan fingerprint density at radius 1 is 1.40 bits per heavy atom. The van der Waals surface area contributed by atoms with Gasteiger partial charge in [-0.2, -0.15) is 13.2 Å². The van der Waals surface area contributed by atoms with Crippen LogP contribution in [0.1, 0.15) is 17.5 Å². The molecule has 1 atom stereocenters. The maximum atomic E-state index is 12.5. The molecule has 0 spiro atoms. The largest absolute Gasteiger partial charge is 0.416 e. The smallest absolute Gasteiger partial charge is 0.352 e. The number of hydrogen-bond donors (Lipinski definition) is 2. The van der Waals surface area contributed by atoms with E-state index in [0.29, 0.717) is 12.1 Å². The van der Waals surface area contributed by atoms with Crippen LogP contribution in [0, 0.1) is 5.92 Å². The van der Waals surface area contributed by atoms with E-state index < -0.39 is 11.7 Å². The Bertz CT molecular complexity index is 459. The lowest BCUT2D eigenvalue weighted by Crippen LogP contribution is -2.31. The molecule has 112 valence electrons. The first-order valence-corrected chi connectivity index (χ1v) is 6.11. The minimum absolute atomic E-state index is 0. The number of nitrogens with one attached hydrogen (secondary N) is 2. The average molecular weight is 309 g/mol. The Morgan fingerprint density at radius 2 is 2.15 bits per heavy atom. The summed E-state index contributed by atoms with van der Waals surface area (Å²) in [4.78, 5) is 11.7. The molecule has 0 aliphatic carbocycles. The molecule has 1 saturated heterocycles. The number of rotatable bonds is 3. The predicted octanol–water partition coefficient (Wildman–Crippen LogP) is 2.35. The Hall–Kier alpha value is -1.27. The fraction of sp³-hybridized carbons (Fsp3) is 0.462. The molecular formula is C13H16ClF3N2O. The Labute approximate surface area is 121 Å². The fourth-order valence-corrected chi connectivity index (χ4v) is 2.07. The van der Waals surface area contributed by atoms with E-state index in [4.69, 9.17) is 0 Å². The number of halogens is 4. The Morgan fingerprint density at radius 3 is 2.75 bits per heavy atom. The molecule has 3 nitrogen and oxygen atoms in total. The van der Waals surface area contributed by atoms with E-state index in [0.717, 1.165) is 25.1 Å². The average Bonchev–Trinajstić information content (AvgIpc) is 2.89. The summed E-state index contributed by atoms with van der Waals surface area (Å²) in [5.41, 5.74) is -0.240. The van der Waals surface area contributed by atoms with Gasteiger partial charge in [-0.1, -0.05) is 12.1 Å². The minimum atomic E-state index is -4.35. The lowest BCUT2D eigenvalue weighted by atomic mass is 10.1. The summed E-state index contributed by atoms with van der Waals surface area (Å²) in [5.74, 6) is -0.187. The number of amides is 1. The van der Waals surface area contributed by atoms with Crippen LogP contribution in [0.15, 0.2) is 24.3 Å². The van der Waals surface area contributed by atoms with Gasteiger partial charge in [0.25, 0.3) is 0 Å². The van der Waals surface area contributed by atoms with Crippen LogP contribution in [-0.2, 0) is 17.5 Å². The van der Waals surface area contributed by atoms with Crippen LogP contribution >= 0.6 is 12.4 Å². The molecule has 0 bridgehead atoms. The van der Waals surface area contributed by atoms with Gasteiger partial charge in [0.1, 0.15) is 0 Å². The minimum Gasteiger partial charge on any atom is -0.352 e. The Kier molecular flexibility index (Phi) is 5.83. The zero-order chi connectivity index (χ0) is 13.9. The summed E-state index contributed by atoms with van der Waals surface area (Å²) in [5, 5.41) is 5.74. The first-order chi connectivity index (χ1) is 8.97. The highest BCUT2D eigenvalue weighted by molar-refractivity contribution is 5.85. The van der Waals surface area contributed by atoms with Gasteiger partial charge >= 0.3 is 6.18 Å². The van der Waals surface area contributed by atoms with Gasteiger partial charge in [-0.05, 0) is 30.7 Å². The topological polar surface area (TPSA) is 41.1 Å². The van der Waals surface area contributed by atoms with Crippen molar-refractivity contribution in [2.75, 3.05) is 13.1 Å². The van der Waals surface area contributed by atoms with Crippen LogP contribution in [0.4, 0.5) is 13.2 Å². The highest BCUT2D eigenvalue weighted by Crippen LogP contribution is 2.29. The molecule has 1 aliphatic rings. The molecule has 0 saturated carbocycles. The van der Waals surface area contributed by atoms with Gasteiger partial charge in [0.05, 0.1) is 11.5 Å². The highest BCUT2D eigenvalue weighted by Gasteiger charge is 2.30. The third-order valence-corrected chi connectivity index (χ3v) is 3.15. The zero-order valence-electron chi connectivity index (χ0n) is 10.7. The van der Waals surface area contributed by atoms with Gasteiger partial charge in [-0.3, -0.25) is 4.79 Å². The lowest BCUT2D eigenvalue weighted by molar-refractivity contribution is -0.137. The molecule has 1 aromatic rings. The molecule has 0 aromatic heterocycles. The molecular weight excluding hydrogens is 293 g/mol. The van der Waals surface area contributed by atoms with E-state index in [2.05, 4.69) is 10.6 Å². The third-order valence-electron chi connectivity index (χ3n) is 3.15. The highest BCUT2D eigenvalue weighted by atomic mass is 35.5. The maximum absolute atomic E-state index is 12.5. The number of hydrogen-bond acceptors (Lipinski definition) is 2. The fourth-order valence-electron chi connectivity index (χ4n) is 2.07. The van der Waals surface area contributed by atoms with Gasteiger partial charge in [-0.15, -0.1) is 12.4 Å². The van der Waals surface area contributed by atoms with E-state index in [1.807, 2.05) is 0 Å². The van der Waals surface area contributed by atoms with Crippen molar-refractivity contribution in [2.45, 2.75) is 19.1 Å². The second-order valence-electron chi connectivity index (χ2n) is 4.61. The Balaban J connectivity index is 0.00000200. The third kappa shape index (κ3) is 4.38. The SMILES string of the molecule is Cl.O=C(NCc1cccc(C(F)(F)F)c1)C1CCNC1. The van der Waals surface area contributed by atoms with Crippen molar-refractivity contribution in [2.24, 2.45) is 5.92 Å². The van der Waals surface area contributed by atoms with Crippen molar-refractivity contribution in [1.29, 1.82) is 0 Å². The molecule has 0 radical (unpaired) electrons. The monoisotopic (exact) mass is 308 g/mol. The summed E-state index contributed by atoms with van der Waals surface area (Å²) < 4.78 is 37.6. The lowest BCUT2D eigenvalue weighted by Gasteiger charge is -2.11. The van der Waals surface area contributed by atoms with Crippen LogP contribution in [0.5, 0.6) is 0 Å². The van der Waals surface area contributed by atoms with E-state index >= 15 is 0 Å². The van der Waals surface area contributed by atoms with Crippen molar-refractivity contribution in [3.05, 3.63) is 35.4 Å². The van der Waals surface area contributed by atoms with Crippen molar-refractivity contribution in [3.8, 4) is 0 Å². The summed E-state index contributed by atoms with van der Waals surface area (Å²) in [6.07, 6.45) is -3.58. The van der Waals surface area contributed by atoms with Crippen LogP contribution in [0.2, 0.25) is 0 Å². The first-order valence-electron chi connectivity index (χ1n) is 6.11. The number of alkyl halides is 3. The van der Waals surface area contributed by atoms with Crippen LogP contribution < -0.4 is 10.6 Å². The molecule has 20 heavy (non-hydrogen) atoms. The number of carbonyl (C=O) groups excluding carboxylic acids is 1. The summed E-state index contributed by atoms with van der Waals surface area (Å²) in [6.45, 7) is 1.56. The number of benzene rings is 1. The second kappa shape index (κ2) is 6.95. The van der Waals surface area contributed by atoms with Crippen molar-refractivity contribution < 1.29 is 18.0 Å². The molecule has 7 heteroatoms. The van der Waals surface area contributed by atoms with E-state index in [9.17, 15) is 18.0 Å². The van der Waals surface area contributed by atoms with Gasteiger partial charge in [0.15, 0.2) is 0 Å². The molecule has 2 N–H and O–H groups in total. The standard InChI is InChI=1S/C13H15F3N2O.ClH/c14-13(15,16)11-3-1-2-9(6-11)7-18-12(19)10-4-5-17-8-10;/h1-3,6,10,17H,4-5,7-8H2,(H,18,19);1H. The summed E-state index contributed by atoms with van der Waals surface area (Å²) in [7, 11) is 0. The predicted molar refractivity (Wildman–Crippen MR) is 71.5 cm³/mol. The van der Waals surface area contributed by atoms with Gasteiger partial charge in [0, 0.05) is 13.1 Å². The van der Waals surface area contributed by atoms with Gasteiger partial charge in [-0.25, -0.2) is 0 Å². The molecule has 1 amide bonds. The first kappa shape index (κ1) is 16.8. The zero-order valence-corrected chi connectivity index (χ0v) is 11.5. The quantitative estimate of drug-likeness (QED) is 0.900. The second-order valence-corrected chi connectivity index (χ2v) is 4.61. The maximum Gasteiger partial charge on any atom is 0.416 e. The summed E-state index contributed by atoms with van der Waals surface area (Å²) >= 11 is 0. The van der Waals surface area contributed by atoms with E-state index in [1.54, 1.807) is 6.07 Å². The van der Waals surface area contributed by atoms with Gasteiger partial charge in [0.2, 0.25) is 5.91 Å². The molecule has 2 rings (SSSR count). The van der Waals surface area contributed by atoms with Crippen molar-refractivity contribution in [1.82, 2.24) is 10.6 Å². The van der Waals surface area contributed by atoms with E-state index in [1.165, 1.54) is 6.07 Å². The van der Waals surface area contributed by atoms with Crippen LogP contribution in [-0.4, -0.2) is 19.0 Å². The van der Waals surface area contributed by atoms with E-state index in [-0.39, 0.29) is 30.8 Å². The number of carbonyl (C=O) groups is 1. The summed E-state index contributed by atoms with van der Waals surface area (Å²) in [6, 6.07) is 5.00. The van der Waals surface area contributed by atoms with Crippen molar-refractivity contribution in [3.63, 3.8) is 0 Å². The molecule has 1 fully saturated rings. The molecule has 1 heterocycles. The normalized spacial score (nSPS) is 18.4. The van der Waals surface area contributed by atoms with Crippen molar-refractivity contribution >= 4 is 18.3 Å². The molecule has 1 aromatic carbocycles. The molecule has 1 unspecified atom stereocenters. The molecule has 1 aliphatic heterocycles. The van der Waals surface area contributed by atoms with Crippen LogP contribution in [0.25, 0.3) is 0 Å². The van der Waals surface area contributed by atoms with Gasteiger partial charge < -0.3 is 10.6 Å².